The van der Waals surface area contributed by atoms with Crippen LogP contribution in [0.3, 0.4) is 0 Å². The minimum absolute atomic E-state index is 0.131. The van der Waals surface area contributed by atoms with Gasteiger partial charge in [0.1, 0.15) is 5.82 Å². The van der Waals surface area contributed by atoms with Crippen LogP contribution in [0.15, 0.2) is 84.9 Å². The van der Waals surface area contributed by atoms with Gasteiger partial charge in [-0.05, 0) is 85.8 Å². The molecule has 1 heterocycles. The van der Waals surface area contributed by atoms with Gasteiger partial charge in [0, 0.05) is 23.6 Å². The monoisotopic (exact) mass is 649 g/mol. The highest BCUT2D eigenvalue weighted by atomic mass is 19.4. The van der Waals surface area contributed by atoms with E-state index in [1.807, 2.05) is 0 Å². The third-order valence-corrected chi connectivity index (χ3v) is 8.17. The van der Waals surface area contributed by atoms with E-state index in [1.54, 1.807) is 75.4 Å². The first kappa shape index (κ1) is 33.6. The highest BCUT2D eigenvalue weighted by Gasteiger charge is 2.43. The molecular weight excluding hydrogens is 614 g/mol. The summed E-state index contributed by atoms with van der Waals surface area (Å²) in [7, 11) is 0. The number of alkyl halides is 3. The second-order valence-electron chi connectivity index (χ2n) is 12.3. The van der Waals surface area contributed by atoms with Gasteiger partial charge in [-0.3, -0.25) is 14.5 Å². The van der Waals surface area contributed by atoms with Gasteiger partial charge in [0.2, 0.25) is 5.91 Å². The van der Waals surface area contributed by atoms with Gasteiger partial charge in [0.15, 0.2) is 0 Å². The lowest BCUT2D eigenvalue weighted by atomic mass is 9.80. The first-order valence-electron chi connectivity index (χ1n) is 15.0. The van der Waals surface area contributed by atoms with Crippen molar-refractivity contribution in [1.82, 2.24) is 0 Å². The molecule has 11 heteroatoms. The van der Waals surface area contributed by atoms with Crippen molar-refractivity contribution in [1.29, 1.82) is 0 Å². The number of aliphatic hydroxyl groups excluding tert-OH is 1. The van der Waals surface area contributed by atoms with Gasteiger partial charge >= 0.3 is 6.18 Å². The van der Waals surface area contributed by atoms with Crippen molar-refractivity contribution in [2.45, 2.75) is 51.6 Å². The molecule has 4 aromatic carbocycles. The first-order chi connectivity index (χ1) is 22.2. The Hall–Kier alpha value is -4.74. The van der Waals surface area contributed by atoms with Crippen molar-refractivity contribution in [3.8, 4) is 0 Å². The lowest BCUT2D eigenvalue weighted by Gasteiger charge is -2.42. The van der Waals surface area contributed by atoms with Crippen LogP contribution in [0.25, 0.3) is 0 Å². The molecule has 0 aliphatic carbocycles. The summed E-state index contributed by atoms with van der Waals surface area (Å²) in [6, 6.07) is 20.3. The summed E-state index contributed by atoms with van der Waals surface area (Å²) in [6.07, 6.45) is -4.64. The van der Waals surface area contributed by atoms with E-state index in [1.165, 1.54) is 23.1 Å². The highest BCUT2D eigenvalue weighted by molar-refractivity contribution is 6.09. The van der Waals surface area contributed by atoms with Crippen LogP contribution in [0.2, 0.25) is 0 Å². The zero-order valence-corrected chi connectivity index (χ0v) is 26.0. The molecule has 0 saturated heterocycles. The van der Waals surface area contributed by atoms with Crippen molar-refractivity contribution in [2.24, 2.45) is 5.92 Å². The number of carbonyl (C=O) groups excluding carboxylic acids is 2. The maximum Gasteiger partial charge on any atom is 0.416 e. The topological polar surface area (TPSA) is 102 Å². The Morgan fingerprint density at radius 2 is 1.62 bits per heavy atom. The molecule has 0 fully saturated rings. The average molecular weight is 650 g/mol. The Balaban J connectivity index is 1.61. The lowest BCUT2D eigenvalue weighted by Crippen LogP contribution is -2.47. The Morgan fingerprint density at radius 1 is 0.936 bits per heavy atom. The number of halogens is 4. The number of aryl methyl sites for hydroxylation is 1. The predicted octanol–water partition coefficient (Wildman–Crippen LogP) is 7.03. The van der Waals surface area contributed by atoms with Gasteiger partial charge in [-0.15, -0.1) is 0 Å². The first-order valence-corrected chi connectivity index (χ1v) is 15.0. The van der Waals surface area contributed by atoms with E-state index in [-0.39, 0.29) is 29.8 Å². The predicted molar refractivity (Wildman–Crippen MR) is 172 cm³/mol. The van der Waals surface area contributed by atoms with Crippen molar-refractivity contribution < 1.29 is 37.4 Å². The molecule has 0 aromatic heterocycles. The van der Waals surface area contributed by atoms with Gasteiger partial charge in [-0.2, -0.15) is 13.2 Å². The number of hydrogen-bond acceptors (Lipinski definition) is 5. The zero-order valence-electron chi connectivity index (χ0n) is 26.0. The van der Waals surface area contributed by atoms with E-state index in [0.717, 1.165) is 12.1 Å². The van der Waals surface area contributed by atoms with Crippen LogP contribution in [0.5, 0.6) is 0 Å². The van der Waals surface area contributed by atoms with Crippen LogP contribution in [0, 0.1) is 18.7 Å². The Kier molecular flexibility index (Phi) is 9.42. The summed E-state index contributed by atoms with van der Waals surface area (Å²) >= 11 is 0. The molecule has 47 heavy (non-hydrogen) atoms. The number of amides is 2. The fourth-order valence-corrected chi connectivity index (χ4v) is 5.88. The van der Waals surface area contributed by atoms with Crippen LogP contribution in [0.4, 0.5) is 34.6 Å². The van der Waals surface area contributed by atoms with E-state index in [2.05, 4.69) is 10.6 Å². The largest absolute Gasteiger partial charge is 0.416 e. The number of nitrogens with one attached hydrogen (secondary N) is 2. The fraction of sp³-hybridized carbons (Fsp3) is 0.278. The number of anilines is 3. The van der Waals surface area contributed by atoms with Crippen LogP contribution < -0.4 is 15.5 Å². The number of benzene rings is 4. The van der Waals surface area contributed by atoms with E-state index in [4.69, 9.17) is 0 Å². The molecule has 7 nitrogen and oxygen atoms in total. The molecule has 4 aromatic rings. The molecule has 0 saturated carbocycles. The average Bonchev–Trinajstić information content (AvgIpc) is 3.02. The molecule has 0 spiro atoms. The van der Waals surface area contributed by atoms with Gasteiger partial charge in [-0.1, -0.05) is 48.5 Å². The number of fused-ring (bicyclic) bond motifs is 1. The van der Waals surface area contributed by atoms with E-state index in [0.29, 0.717) is 28.1 Å². The van der Waals surface area contributed by atoms with Gasteiger partial charge < -0.3 is 20.8 Å². The molecule has 1 aliphatic heterocycles. The van der Waals surface area contributed by atoms with Crippen LogP contribution >= 0.6 is 0 Å². The normalized spacial score (nSPS) is 16.4. The number of nitrogens with zero attached hydrogens (tertiary/aromatic N) is 1. The molecule has 246 valence electrons. The molecule has 2 atom stereocenters. The fourth-order valence-electron chi connectivity index (χ4n) is 5.88. The Morgan fingerprint density at radius 3 is 2.26 bits per heavy atom. The van der Waals surface area contributed by atoms with Crippen molar-refractivity contribution >= 4 is 28.9 Å². The number of hydrogen-bond donors (Lipinski definition) is 4. The Labute approximate surface area is 269 Å². The van der Waals surface area contributed by atoms with Crippen molar-refractivity contribution in [3.63, 3.8) is 0 Å². The second kappa shape index (κ2) is 13.2. The van der Waals surface area contributed by atoms with Gasteiger partial charge in [-0.25, -0.2) is 4.39 Å². The second-order valence-corrected chi connectivity index (χ2v) is 12.3. The third-order valence-electron chi connectivity index (χ3n) is 8.17. The molecule has 2 amide bonds. The minimum Gasteiger partial charge on any atom is -0.392 e. The summed E-state index contributed by atoms with van der Waals surface area (Å²) < 4.78 is 56.5. The molecule has 5 rings (SSSR count). The molecule has 4 N–H and O–H groups in total. The smallest absolute Gasteiger partial charge is 0.392 e. The molecule has 1 aliphatic rings. The zero-order chi connectivity index (χ0) is 34.1. The standard InChI is InChI=1S/C36H35F4N3O4/c1-21-7-6-9-29(37)31(21)34(46)43-30-10-5-4-8-23(30)17-27(32(43)22-11-14-25(15-12-22)41-20-35(2,3)47)33(45)42-26-16-13-24(19-44)28(18-26)36(38,39)40/h4-16,18,27,32,41,44,47H,17,19-20H2,1-3H3,(H,42,45)/t27-,32-/m0/s1. The van der Waals surface area contributed by atoms with E-state index in [9.17, 15) is 33.0 Å². The lowest BCUT2D eigenvalue weighted by molar-refractivity contribution is -0.138. The minimum atomic E-state index is -4.77. The van der Waals surface area contributed by atoms with Gasteiger partial charge in [0.25, 0.3) is 5.91 Å². The maximum absolute atomic E-state index is 15.3. The summed E-state index contributed by atoms with van der Waals surface area (Å²) in [5, 5.41) is 25.3. The number of para-hydroxylation sites is 1. The van der Waals surface area contributed by atoms with E-state index < -0.39 is 53.5 Å². The number of carbonyl (C=O) groups is 2. The van der Waals surface area contributed by atoms with E-state index >= 15 is 4.39 Å². The van der Waals surface area contributed by atoms with Gasteiger partial charge in [0.05, 0.1) is 35.3 Å². The molecule has 0 radical (unpaired) electrons. The number of aliphatic hydroxyl groups is 2. The highest BCUT2D eigenvalue weighted by Crippen LogP contribution is 2.44. The molecule has 0 bridgehead atoms. The maximum atomic E-state index is 15.3. The third kappa shape index (κ3) is 7.31. The summed E-state index contributed by atoms with van der Waals surface area (Å²) in [5.74, 6) is -3.07. The summed E-state index contributed by atoms with van der Waals surface area (Å²) in [5.41, 5.74) is -0.00473. The van der Waals surface area contributed by atoms with Crippen LogP contribution in [-0.2, 0) is 24.0 Å². The SMILES string of the molecule is Cc1cccc(F)c1C(=O)N1c2ccccc2C[C@H](C(=O)Nc2ccc(CO)c(C(F)(F)F)c2)[C@@H]1c1ccc(NCC(C)(C)O)cc1. The summed E-state index contributed by atoms with van der Waals surface area (Å²) in [4.78, 5) is 29.9. The number of rotatable bonds is 8. The molecular formula is C36H35F4N3O4. The van der Waals surface area contributed by atoms with Crippen molar-refractivity contribution in [2.75, 3.05) is 22.1 Å². The molecule has 0 unspecified atom stereocenters. The van der Waals surface area contributed by atoms with Crippen molar-refractivity contribution in [3.05, 3.63) is 124 Å². The Bertz CT molecular complexity index is 1760. The quantitative estimate of drug-likeness (QED) is 0.154. The van der Waals surface area contributed by atoms with Crippen LogP contribution in [-0.4, -0.2) is 34.2 Å². The summed E-state index contributed by atoms with van der Waals surface area (Å²) in [6.45, 7) is 4.33. The van der Waals surface area contributed by atoms with Crippen LogP contribution in [0.1, 0.15) is 58.1 Å².